The van der Waals surface area contributed by atoms with Crippen LogP contribution in [-0.2, 0) is 0 Å². The molecule has 0 aliphatic carbocycles. The fourth-order valence-electron chi connectivity index (χ4n) is 1.37. The van der Waals surface area contributed by atoms with E-state index in [4.69, 9.17) is 4.42 Å². The van der Waals surface area contributed by atoms with Gasteiger partial charge in [-0.2, -0.15) is 5.10 Å². The standard InChI is InChI=1S/C13H10N4O4/c18-13(10-3-1-7-14-9-10)16-15-8-2-4-11-5-6-12(21-11)17(19)20/h1-9H,(H,16,18)/b4-2+,15-8+. The van der Waals surface area contributed by atoms with Crippen molar-refractivity contribution in [2.45, 2.75) is 0 Å². The van der Waals surface area contributed by atoms with Gasteiger partial charge in [0.25, 0.3) is 5.91 Å². The van der Waals surface area contributed by atoms with Gasteiger partial charge in [0.2, 0.25) is 0 Å². The number of hydrogen-bond acceptors (Lipinski definition) is 6. The second-order valence-corrected chi connectivity index (χ2v) is 3.75. The zero-order chi connectivity index (χ0) is 15.1. The van der Waals surface area contributed by atoms with Crippen LogP contribution < -0.4 is 5.43 Å². The number of carbonyl (C=O) groups is 1. The topological polar surface area (TPSA) is 111 Å². The van der Waals surface area contributed by atoms with Crippen LogP contribution in [0, 0.1) is 10.1 Å². The van der Waals surface area contributed by atoms with Gasteiger partial charge in [0.15, 0.2) is 0 Å². The molecule has 106 valence electrons. The first-order valence-electron chi connectivity index (χ1n) is 5.81. The molecular formula is C13H10N4O4. The Morgan fingerprint density at radius 3 is 2.95 bits per heavy atom. The van der Waals surface area contributed by atoms with Crippen molar-refractivity contribution >= 4 is 24.1 Å². The average molecular weight is 286 g/mol. The molecule has 0 aliphatic rings. The van der Waals surface area contributed by atoms with Crippen LogP contribution >= 0.6 is 0 Å². The molecule has 8 nitrogen and oxygen atoms in total. The minimum atomic E-state index is -0.625. The van der Waals surface area contributed by atoms with Gasteiger partial charge < -0.3 is 4.42 Å². The largest absolute Gasteiger partial charge is 0.433 e. The highest BCUT2D eigenvalue weighted by atomic mass is 16.6. The molecule has 0 spiro atoms. The Morgan fingerprint density at radius 1 is 1.43 bits per heavy atom. The summed E-state index contributed by atoms with van der Waals surface area (Å²) < 4.78 is 4.90. The predicted molar refractivity (Wildman–Crippen MR) is 74.6 cm³/mol. The van der Waals surface area contributed by atoms with Crippen molar-refractivity contribution in [2.24, 2.45) is 5.10 Å². The van der Waals surface area contributed by atoms with Crippen molar-refractivity contribution in [1.29, 1.82) is 0 Å². The smallest absolute Gasteiger partial charge is 0.401 e. The Kier molecular flexibility index (Phi) is 4.54. The fraction of sp³-hybridized carbons (Fsp3) is 0. The minimum absolute atomic E-state index is 0.312. The van der Waals surface area contributed by atoms with Gasteiger partial charge >= 0.3 is 5.88 Å². The number of nitro groups is 1. The van der Waals surface area contributed by atoms with E-state index < -0.39 is 4.92 Å². The maximum atomic E-state index is 11.6. The lowest BCUT2D eigenvalue weighted by molar-refractivity contribution is -0.402. The van der Waals surface area contributed by atoms with E-state index >= 15 is 0 Å². The van der Waals surface area contributed by atoms with Gasteiger partial charge in [0, 0.05) is 18.6 Å². The van der Waals surface area contributed by atoms with Crippen LogP contribution in [0.25, 0.3) is 6.08 Å². The maximum Gasteiger partial charge on any atom is 0.433 e. The van der Waals surface area contributed by atoms with Gasteiger partial charge in [0.1, 0.15) is 10.7 Å². The van der Waals surface area contributed by atoms with Gasteiger partial charge in [-0.05, 0) is 30.4 Å². The molecule has 0 aliphatic heterocycles. The summed E-state index contributed by atoms with van der Waals surface area (Å²) in [7, 11) is 0. The van der Waals surface area contributed by atoms with Crippen LogP contribution in [0.4, 0.5) is 5.88 Å². The van der Waals surface area contributed by atoms with E-state index in [-0.39, 0.29) is 11.8 Å². The molecule has 0 saturated carbocycles. The first-order valence-corrected chi connectivity index (χ1v) is 5.81. The number of carbonyl (C=O) groups excluding carboxylic acids is 1. The molecule has 0 aromatic carbocycles. The van der Waals surface area contributed by atoms with Crippen LogP contribution in [-0.4, -0.2) is 22.0 Å². The first kappa shape index (κ1) is 14.1. The van der Waals surface area contributed by atoms with Crippen LogP contribution in [0.3, 0.4) is 0 Å². The number of hydrogen-bond donors (Lipinski definition) is 1. The number of pyridine rings is 1. The number of nitrogens with one attached hydrogen (secondary N) is 1. The first-order chi connectivity index (χ1) is 10.2. The van der Waals surface area contributed by atoms with E-state index in [0.717, 1.165) is 0 Å². The Hall–Kier alpha value is -3.29. The van der Waals surface area contributed by atoms with E-state index in [0.29, 0.717) is 11.3 Å². The summed E-state index contributed by atoms with van der Waals surface area (Å²) >= 11 is 0. The lowest BCUT2D eigenvalue weighted by Gasteiger charge is -1.96. The molecule has 2 aromatic rings. The van der Waals surface area contributed by atoms with Crippen LogP contribution in [0.1, 0.15) is 16.1 Å². The summed E-state index contributed by atoms with van der Waals surface area (Å²) in [5.41, 5.74) is 2.70. The number of aromatic nitrogens is 1. The molecule has 0 fully saturated rings. The summed E-state index contributed by atoms with van der Waals surface area (Å²) in [6.07, 6.45) is 7.26. The van der Waals surface area contributed by atoms with Gasteiger partial charge in [-0.25, -0.2) is 5.43 Å². The number of amides is 1. The minimum Gasteiger partial charge on any atom is -0.401 e. The van der Waals surface area contributed by atoms with E-state index in [1.165, 1.54) is 36.7 Å². The molecule has 2 rings (SSSR count). The number of nitrogens with zero attached hydrogens (tertiary/aromatic N) is 3. The maximum absolute atomic E-state index is 11.6. The fourth-order valence-corrected chi connectivity index (χ4v) is 1.37. The second kappa shape index (κ2) is 6.75. The quantitative estimate of drug-likeness (QED) is 0.513. The Labute approximate surface area is 119 Å². The molecule has 0 radical (unpaired) electrons. The number of hydrazone groups is 1. The van der Waals surface area contributed by atoms with E-state index in [9.17, 15) is 14.9 Å². The van der Waals surface area contributed by atoms with Crippen LogP contribution in [0.15, 0.2) is 52.3 Å². The Balaban J connectivity index is 1.86. The molecule has 0 saturated heterocycles. The third kappa shape index (κ3) is 4.10. The highest BCUT2D eigenvalue weighted by molar-refractivity contribution is 5.94. The van der Waals surface area contributed by atoms with Crippen molar-refractivity contribution < 1.29 is 14.1 Å². The SMILES string of the molecule is O=C(N/N=C/C=C/c1ccc([N+](=O)[O-])o1)c1cccnc1. The highest BCUT2D eigenvalue weighted by Crippen LogP contribution is 2.16. The average Bonchev–Trinajstić information content (AvgIpc) is 2.97. The zero-order valence-electron chi connectivity index (χ0n) is 10.7. The van der Waals surface area contributed by atoms with Gasteiger partial charge in [-0.15, -0.1) is 0 Å². The number of rotatable bonds is 5. The van der Waals surface area contributed by atoms with Crippen molar-refractivity contribution in [1.82, 2.24) is 10.4 Å². The summed E-state index contributed by atoms with van der Waals surface area (Å²) in [6.45, 7) is 0. The van der Waals surface area contributed by atoms with E-state index in [2.05, 4.69) is 15.5 Å². The molecule has 0 atom stereocenters. The Morgan fingerprint density at radius 2 is 2.29 bits per heavy atom. The molecular weight excluding hydrogens is 276 g/mol. The molecule has 2 aromatic heterocycles. The van der Waals surface area contributed by atoms with Gasteiger partial charge in [-0.1, -0.05) is 0 Å². The van der Waals surface area contributed by atoms with Crippen molar-refractivity contribution in [3.63, 3.8) is 0 Å². The predicted octanol–water partition coefficient (Wildman–Crippen LogP) is 2.01. The summed E-state index contributed by atoms with van der Waals surface area (Å²) in [5.74, 6) is -0.412. The monoisotopic (exact) mass is 286 g/mol. The van der Waals surface area contributed by atoms with Gasteiger partial charge in [0.05, 0.1) is 11.6 Å². The molecule has 0 unspecified atom stereocenters. The van der Waals surface area contributed by atoms with E-state index in [1.807, 2.05) is 0 Å². The number of allylic oxidation sites excluding steroid dienone is 1. The highest BCUT2D eigenvalue weighted by Gasteiger charge is 2.09. The third-order valence-electron chi connectivity index (χ3n) is 2.30. The van der Waals surface area contributed by atoms with Crippen LogP contribution in [0.5, 0.6) is 0 Å². The normalized spacial score (nSPS) is 11.0. The molecule has 1 amide bonds. The van der Waals surface area contributed by atoms with Crippen LogP contribution in [0.2, 0.25) is 0 Å². The second-order valence-electron chi connectivity index (χ2n) is 3.75. The summed E-state index contributed by atoms with van der Waals surface area (Å²) in [6, 6.07) is 5.95. The summed E-state index contributed by atoms with van der Waals surface area (Å²) in [5, 5.41) is 14.1. The lowest BCUT2D eigenvalue weighted by atomic mass is 10.3. The third-order valence-corrected chi connectivity index (χ3v) is 2.30. The molecule has 0 bridgehead atoms. The lowest BCUT2D eigenvalue weighted by Crippen LogP contribution is -2.17. The van der Waals surface area contributed by atoms with Crippen molar-refractivity contribution in [3.05, 3.63) is 64.2 Å². The molecule has 2 heterocycles. The van der Waals surface area contributed by atoms with E-state index in [1.54, 1.807) is 18.3 Å². The zero-order valence-corrected chi connectivity index (χ0v) is 10.7. The molecule has 8 heteroatoms. The molecule has 1 N–H and O–H groups in total. The molecule has 21 heavy (non-hydrogen) atoms. The van der Waals surface area contributed by atoms with Gasteiger partial charge in [-0.3, -0.25) is 19.9 Å². The summed E-state index contributed by atoms with van der Waals surface area (Å²) in [4.78, 5) is 25.2. The van der Waals surface area contributed by atoms with Crippen molar-refractivity contribution in [2.75, 3.05) is 0 Å². The van der Waals surface area contributed by atoms with Crippen molar-refractivity contribution in [3.8, 4) is 0 Å². The Bertz CT molecular complexity index is 691. The number of furan rings is 1.